The van der Waals surface area contributed by atoms with E-state index in [1.54, 1.807) is 0 Å². The summed E-state index contributed by atoms with van der Waals surface area (Å²) < 4.78 is 28.4. The quantitative estimate of drug-likeness (QED) is 0.0228. The van der Waals surface area contributed by atoms with Crippen LogP contribution in [0, 0.1) is 0 Å². The Morgan fingerprint density at radius 1 is 0.452 bits per heavy atom. The third-order valence-corrected chi connectivity index (χ3v) is 13.7. The monoisotopic (exact) mass is 1030 g/mol. The first-order valence-corrected chi connectivity index (χ1v) is 30.0. The topological polar surface area (TPSA) is 175 Å². The van der Waals surface area contributed by atoms with Gasteiger partial charge in [-0.05, 0) is 77.0 Å². The molecular formula is C61H108O12. The molecule has 1 rings (SSSR count). The minimum atomic E-state index is -1.90. The molecule has 0 aliphatic carbocycles. The molecule has 3 N–H and O–H groups in total. The largest absolute Gasteiger partial charge is 0.479 e. The van der Waals surface area contributed by atoms with Crippen molar-refractivity contribution in [3.05, 3.63) is 36.5 Å². The van der Waals surface area contributed by atoms with E-state index in [4.69, 9.17) is 23.7 Å². The minimum Gasteiger partial charge on any atom is -0.479 e. The van der Waals surface area contributed by atoms with Gasteiger partial charge in [0.15, 0.2) is 24.6 Å². The summed E-state index contributed by atoms with van der Waals surface area (Å²) >= 11 is 0. The molecule has 73 heavy (non-hydrogen) atoms. The molecule has 6 unspecified atom stereocenters. The number of carboxylic acid groups (broad SMARTS) is 1. The first-order valence-electron chi connectivity index (χ1n) is 30.0. The van der Waals surface area contributed by atoms with E-state index in [1.807, 2.05) is 0 Å². The number of aliphatic hydroxyl groups excluding tert-OH is 2. The molecule has 12 nitrogen and oxygen atoms in total. The Hall–Kier alpha value is -3.06. The number of aliphatic carboxylic acids is 1. The van der Waals surface area contributed by atoms with Crippen LogP contribution >= 0.6 is 0 Å². The Morgan fingerprint density at radius 3 is 1.27 bits per heavy atom. The first kappa shape index (κ1) is 68.0. The molecule has 1 saturated heterocycles. The van der Waals surface area contributed by atoms with Gasteiger partial charge in [-0.2, -0.15) is 0 Å². The standard InChI is InChI=1S/C61H108O12/c1-4-7-10-13-16-19-22-24-26-27-29-30-33-35-38-41-44-47-53(62)69-50-52(71-54(63)48-45-42-39-36-32-21-18-15-12-9-6-3)51-70-61-59(57(66)56(65)58(73-61)60(67)68)72-55(64)49-46-43-40-37-34-31-28-25-23-20-17-14-11-8-5-2/h16,19,24-26,28,52,56-59,61,65-66H,4-15,17-18,20-23,27,29-51H2,1-3H3,(H,67,68)/b19-16-,26-24-,28-25-. The molecule has 0 radical (unpaired) electrons. The van der Waals surface area contributed by atoms with Crippen molar-refractivity contribution in [2.24, 2.45) is 0 Å². The van der Waals surface area contributed by atoms with Crippen molar-refractivity contribution in [2.45, 2.75) is 314 Å². The fourth-order valence-electron chi connectivity index (χ4n) is 9.04. The second kappa shape index (κ2) is 49.8. The van der Waals surface area contributed by atoms with Gasteiger partial charge >= 0.3 is 23.9 Å². The number of allylic oxidation sites excluding steroid dienone is 6. The van der Waals surface area contributed by atoms with Gasteiger partial charge in [-0.15, -0.1) is 0 Å². The van der Waals surface area contributed by atoms with Crippen LogP contribution in [0.1, 0.15) is 278 Å². The third-order valence-electron chi connectivity index (χ3n) is 13.7. The lowest BCUT2D eigenvalue weighted by molar-refractivity contribution is -0.301. The summed E-state index contributed by atoms with van der Waals surface area (Å²) in [4.78, 5) is 51.1. The van der Waals surface area contributed by atoms with Gasteiger partial charge in [-0.1, -0.05) is 218 Å². The summed E-state index contributed by atoms with van der Waals surface area (Å²) in [6.45, 7) is 5.96. The van der Waals surface area contributed by atoms with Crippen molar-refractivity contribution >= 4 is 23.9 Å². The van der Waals surface area contributed by atoms with Crippen LogP contribution in [0.3, 0.4) is 0 Å². The van der Waals surface area contributed by atoms with E-state index in [9.17, 15) is 34.5 Å². The maximum atomic E-state index is 13.1. The third kappa shape index (κ3) is 39.9. The van der Waals surface area contributed by atoms with E-state index in [-0.39, 0.29) is 25.9 Å². The smallest absolute Gasteiger partial charge is 0.335 e. The van der Waals surface area contributed by atoms with E-state index in [0.29, 0.717) is 19.3 Å². The highest BCUT2D eigenvalue weighted by Crippen LogP contribution is 2.26. The predicted molar refractivity (Wildman–Crippen MR) is 294 cm³/mol. The highest BCUT2D eigenvalue weighted by Gasteiger charge is 2.50. The predicted octanol–water partition coefficient (Wildman–Crippen LogP) is 15.2. The van der Waals surface area contributed by atoms with E-state index >= 15 is 0 Å². The zero-order valence-corrected chi connectivity index (χ0v) is 46.6. The van der Waals surface area contributed by atoms with Gasteiger partial charge in [0.05, 0.1) is 6.61 Å². The Bertz CT molecular complexity index is 1410. The normalized spacial score (nSPS) is 18.5. The van der Waals surface area contributed by atoms with Crippen LogP contribution in [-0.2, 0) is 42.9 Å². The van der Waals surface area contributed by atoms with Crippen LogP contribution in [0.15, 0.2) is 36.5 Å². The van der Waals surface area contributed by atoms with Gasteiger partial charge in [-0.3, -0.25) is 14.4 Å². The molecule has 0 amide bonds. The molecule has 1 heterocycles. The summed E-state index contributed by atoms with van der Waals surface area (Å²) in [5.74, 6) is -3.12. The molecule has 0 aromatic heterocycles. The van der Waals surface area contributed by atoms with Crippen molar-refractivity contribution in [1.29, 1.82) is 0 Å². The van der Waals surface area contributed by atoms with Crippen LogP contribution < -0.4 is 0 Å². The Balaban J connectivity index is 2.67. The number of rotatable bonds is 51. The Morgan fingerprint density at radius 2 is 0.822 bits per heavy atom. The number of aliphatic hydroxyl groups is 2. The lowest BCUT2D eigenvalue weighted by Gasteiger charge is -2.40. The number of esters is 3. The molecule has 1 fully saturated rings. The number of hydrogen-bond acceptors (Lipinski definition) is 11. The average Bonchev–Trinajstić information content (AvgIpc) is 3.37. The summed E-state index contributed by atoms with van der Waals surface area (Å²) in [6.07, 6.45) is 45.4. The number of unbranched alkanes of at least 4 members (excludes halogenated alkanes) is 31. The Kier molecular flexibility index (Phi) is 46.4. The fourth-order valence-corrected chi connectivity index (χ4v) is 9.04. The van der Waals surface area contributed by atoms with Gasteiger partial charge in [-0.25, -0.2) is 4.79 Å². The molecule has 6 atom stereocenters. The molecule has 0 spiro atoms. The SMILES string of the molecule is CCCCC/C=C\C/C=C\CCCCCCCCCC(=O)OCC(COC1OC(C(=O)O)C(O)C(O)C1OC(=O)CCCCCCC/C=C\CCCCCCCC)OC(=O)CCCCCCCCCCCCC. The van der Waals surface area contributed by atoms with Crippen LogP contribution in [0.2, 0.25) is 0 Å². The molecule has 0 saturated carbocycles. The van der Waals surface area contributed by atoms with Crippen LogP contribution in [0.25, 0.3) is 0 Å². The van der Waals surface area contributed by atoms with Crippen LogP contribution in [0.5, 0.6) is 0 Å². The Labute approximate surface area is 444 Å². The molecule has 0 aromatic rings. The van der Waals surface area contributed by atoms with Crippen molar-refractivity contribution < 1.29 is 58.2 Å². The number of carboxylic acids is 1. The molecule has 0 aromatic carbocycles. The average molecular weight is 1030 g/mol. The van der Waals surface area contributed by atoms with Crippen molar-refractivity contribution in [3.8, 4) is 0 Å². The van der Waals surface area contributed by atoms with E-state index in [0.717, 1.165) is 96.3 Å². The van der Waals surface area contributed by atoms with E-state index in [1.165, 1.54) is 122 Å². The molecule has 1 aliphatic heterocycles. The number of ether oxygens (including phenoxy) is 5. The zero-order valence-electron chi connectivity index (χ0n) is 46.6. The highest BCUT2D eigenvalue weighted by atomic mass is 16.7. The molecule has 0 bridgehead atoms. The van der Waals surface area contributed by atoms with Gasteiger partial charge in [0.2, 0.25) is 0 Å². The number of carbonyl (C=O) groups excluding carboxylic acids is 3. The van der Waals surface area contributed by atoms with E-state index < -0.39 is 67.3 Å². The molecular weight excluding hydrogens is 925 g/mol. The second-order valence-corrected chi connectivity index (χ2v) is 20.6. The van der Waals surface area contributed by atoms with Gasteiger partial charge in [0.1, 0.15) is 18.8 Å². The molecule has 12 heteroatoms. The summed E-state index contributed by atoms with van der Waals surface area (Å²) in [7, 11) is 0. The second-order valence-electron chi connectivity index (χ2n) is 20.6. The van der Waals surface area contributed by atoms with Gasteiger partial charge in [0, 0.05) is 19.3 Å². The maximum absolute atomic E-state index is 13.1. The molecule has 424 valence electrons. The maximum Gasteiger partial charge on any atom is 0.335 e. The molecule has 1 aliphatic rings. The lowest BCUT2D eigenvalue weighted by atomic mass is 9.98. The van der Waals surface area contributed by atoms with E-state index in [2.05, 4.69) is 57.2 Å². The lowest BCUT2D eigenvalue weighted by Crippen LogP contribution is -2.61. The van der Waals surface area contributed by atoms with Crippen LogP contribution in [-0.4, -0.2) is 89.2 Å². The minimum absolute atomic E-state index is 0.0529. The zero-order chi connectivity index (χ0) is 53.3. The number of carbonyl (C=O) groups is 4. The van der Waals surface area contributed by atoms with Crippen LogP contribution in [0.4, 0.5) is 0 Å². The number of hydrogen-bond donors (Lipinski definition) is 3. The highest BCUT2D eigenvalue weighted by molar-refractivity contribution is 5.74. The van der Waals surface area contributed by atoms with Gasteiger partial charge in [0.25, 0.3) is 0 Å². The first-order chi connectivity index (χ1) is 35.6. The fraction of sp³-hybridized carbons (Fsp3) is 0.836. The summed E-state index contributed by atoms with van der Waals surface area (Å²) in [5, 5.41) is 31.5. The summed E-state index contributed by atoms with van der Waals surface area (Å²) in [5.41, 5.74) is 0. The van der Waals surface area contributed by atoms with Crippen molar-refractivity contribution in [3.63, 3.8) is 0 Å². The summed E-state index contributed by atoms with van der Waals surface area (Å²) in [6, 6.07) is 0. The van der Waals surface area contributed by atoms with Gasteiger partial charge < -0.3 is 39.0 Å². The van der Waals surface area contributed by atoms with Crippen molar-refractivity contribution in [2.75, 3.05) is 13.2 Å². The van der Waals surface area contributed by atoms with Crippen molar-refractivity contribution in [1.82, 2.24) is 0 Å².